The maximum atomic E-state index is 6.67. The molecule has 0 fully saturated rings. The van der Waals surface area contributed by atoms with Crippen LogP contribution in [0.2, 0.25) is 0 Å². The molecule has 288 valence electrons. The van der Waals surface area contributed by atoms with Gasteiger partial charge in [-0.1, -0.05) is 84.7 Å². The number of nitrogens with zero attached hydrogens (tertiary/aromatic N) is 5. The van der Waals surface area contributed by atoms with E-state index in [0.29, 0.717) is 17.3 Å². The molecule has 0 aliphatic rings. The van der Waals surface area contributed by atoms with Crippen molar-refractivity contribution < 1.29 is 25.8 Å². The summed E-state index contributed by atoms with van der Waals surface area (Å²) < 4.78 is 10.9. The summed E-state index contributed by atoms with van der Waals surface area (Å²) in [4.78, 5) is 4.95. The monoisotopic (exact) mass is 936 g/mol. The van der Waals surface area contributed by atoms with E-state index in [1.54, 1.807) is 6.33 Å². The van der Waals surface area contributed by atoms with Crippen molar-refractivity contribution >= 4 is 21.8 Å². The maximum absolute atomic E-state index is 6.67. The Bertz CT molecular complexity index is 3000. The van der Waals surface area contributed by atoms with Crippen LogP contribution in [0.3, 0.4) is 0 Å². The van der Waals surface area contributed by atoms with E-state index in [0.717, 1.165) is 55.6 Å². The van der Waals surface area contributed by atoms with E-state index >= 15 is 0 Å². The summed E-state index contributed by atoms with van der Waals surface area (Å²) in [5.74, 6) is 2.70. The Kier molecular flexibility index (Phi) is 10.2. The molecule has 3 aromatic heterocycles. The minimum absolute atomic E-state index is 0. The van der Waals surface area contributed by atoms with Crippen molar-refractivity contribution in [2.45, 2.75) is 55.4 Å². The minimum atomic E-state index is 0. The van der Waals surface area contributed by atoms with Gasteiger partial charge >= 0.3 is 21.1 Å². The van der Waals surface area contributed by atoms with E-state index in [2.05, 4.69) is 165 Å². The van der Waals surface area contributed by atoms with Crippen LogP contribution in [-0.2, 0) is 21.1 Å². The Labute approximate surface area is 354 Å². The van der Waals surface area contributed by atoms with Crippen LogP contribution in [0.25, 0.3) is 67.0 Å². The zero-order valence-corrected chi connectivity index (χ0v) is 36.2. The van der Waals surface area contributed by atoms with E-state index < -0.39 is 0 Å². The van der Waals surface area contributed by atoms with Gasteiger partial charge in [0, 0.05) is 28.9 Å². The Hall–Kier alpha value is -6.10. The molecule has 0 unspecified atom stereocenters. The molecule has 0 saturated carbocycles. The number of rotatable bonds is 7. The normalized spacial score (nSPS) is 11.3. The first-order chi connectivity index (χ1) is 27.6. The summed E-state index contributed by atoms with van der Waals surface area (Å²) in [6.07, 6.45) is 3.69. The summed E-state index contributed by atoms with van der Waals surface area (Å²) in [6.45, 7) is 17.3. The van der Waals surface area contributed by atoms with Crippen LogP contribution in [0.4, 0.5) is 0 Å². The van der Waals surface area contributed by atoms with Gasteiger partial charge in [0.2, 0.25) is 0 Å². The molecule has 9 aromatic rings. The van der Waals surface area contributed by atoms with Crippen molar-refractivity contribution in [1.82, 2.24) is 24.3 Å². The third-order valence-electron chi connectivity index (χ3n) is 11.8. The van der Waals surface area contributed by atoms with Crippen LogP contribution in [-0.4, -0.2) is 24.3 Å². The molecule has 6 aromatic carbocycles. The largest absolute Gasteiger partial charge is 2.00 e. The second kappa shape index (κ2) is 15.3. The fourth-order valence-electron chi connectivity index (χ4n) is 8.39. The number of para-hydroxylation sites is 1. The molecule has 0 saturated heterocycles. The van der Waals surface area contributed by atoms with Gasteiger partial charge in [-0.3, -0.25) is 0 Å². The smallest absolute Gasteiger partial charge is 0.503 e. The van der Waals surface area contributed by atoms with Gasteiger partial charge in [-0.15, -0.1) is 40.3 Å². The molecule has 0 aliphatic carbocycles. The van der Waals surface area contributed by atoms with Crippen molar-refractivity contribution in [2.24, 2.45) is 0 Å². The zero-order valence-electron chi connectivity index (χ0n) is 33.9. The van der Waals surface area contributed by atoms with Gasteiger partial charge in [-0.25, -0.2) is 4.98 Å². The molecule has 0 amide bonds. The molecule has 3 heterocycles. The summed E-state index contributed by atoms with van der Waals surface area (Å²) in [5.41, 5.74) is 18.3. The van der Waals surface area contributed by atoms with Gasteiger partial charge in [0.05, 0.1) is 5.82 Å². The fraction of sp³-hybridized carbons (Fsp3) is 0.157. The van der Waals surface area contributed by atoms with Crippen molar-refractivity contribution in [2.75, 3.05) is 0 Å². The Morgan fingerprint density at radius 3 is 2.05 bits per heavy atom. The molecule has 6 nitrogen and oxygen atoms in total. The molecule has 0 bridgehead atoms. The minimum Gasteiger partial charge on any atom is -0.503 e. The van der Waals surface area contributed by atoms with Crippen molar-refractivity contribution in [3.8, 4) is 56.6 Å². The number of hydrogen-bond acceptors (Lipinski definition) is 4. The SMILES string of the molecule is Cc1ccc(-c2nncn2-c2c(C)c(C)c(C)c(C)c2C)[c-]c1Oc1[c-]c2c(cc1)c1ccccc1n2-c1cc(-c2ccccc2-c2c(C)cccc2C)ccn1.[Pt+2]. The third-order valence-corrected chi connectivity index (χ3v) is 11.8. The molecule has 0 radical (unpaired) electrons. The number of hydrogen-bond donors (Lipinski definition) is 0. The Morgan fingerprint density at radius 2 is 1.29 bits per heavy atom. The van der Waals surface area contributed by atoms with E-state index in [1.807, 2.05) is 31.3 Å². The number of fused-ring (bicyclic) bond motifs is 3. The number of benzene rings is 6. The number of aryl methyl sites for hydroxylation is 3. The quantitative estimate of drug-likeness (QED) is 0.149. The van der Waals surface area contributed by atoms with Gasteiger partial charge < -0.3 is 13.9 Å². The number of aromatic nitrogens is 5. The standard InChI is InChI=1S/C51H43N5O.Pt/c1-30-20-21-39(51-54-53-29-55(51)50-36(7)34(5)33(4)35(6)37(50)8)26-47(30)57-40-22-23-43-42-17-11-12-19-45(42)56(46(43)28-40)48-27-38(24-25-52-48)41-16-9-10-18-44(41)49-31(2)14-13-15-32(49)3;/h9-25,27,29H,1-8H3;/q-2;+2. The molecular weight excluding hydrogens is 894 g/mol. The number of pyridine rings is 1. The van der Waals surface area contributed by atoms with Crippen LogP contribution in [0, 0.1) is 67.5 Å². The van der Waals surface area contributed by atoms with Crippen LogP contribution >= 0.6 is 0 Å². The van der Waals surface area contributed by atoms with E-state index in [4.69, 9.17) is 9.72 Å². The van der Waals surface area contributed by atoms with E-state index in [1.165, 1.54) is 50.1 Å². The van der Waals surface area contributed by atoms with Gasteiger partial charge in [-0.05, 0) is 133 Å². The van der Waals surface area contributed by atoms with Crippen LogP contribution < -0.4 is 4.74 Å². The van der Waals surface area contributed by atoms with Crippen molar-refractivity contribution in [3.63, 3.8) is 0 Å². The van der Waals surface area contributed by atoms with Gasteiger partial charge in [-0.2, -0.15) is 11.2 Å². The first-order valence-corrected chi connectivity index (χ1v) is 19.4. The summed E-state index contributed by atoms with van der Waals surface area (Å²) in [7, 11) is 0. The second-order valence-corrected chi connectivity index (χ2v) is 15.1. The summed E-state index contributed by atoms with van der Waals surface area (Å²) in [5, 5.41) is 11.1. The molecule has 0 aliphatic heterocycles. The Balaban J connectivity index is 0.00000469. The molecule has 7 heteroatoms. The topological polar surface area (TPSA) is 57.8 Å². The summed E-state index contributed by atoms with van der Waals surface area (Å²) in [6, 6.07) is 43.2. The first-order valence-electron chi connectivity index (χ1n) is 19.4. The van der Waals surface area contributed by atoms with Crippen LogP contribution in [0.1, 0.15) is 44.5 Å². The van der Waals surface area contributed by atoms with Crippen LogP contribution in [0.5, 0.6) is 11.5 Å². The van der Waals surface area contributed by atoms with E-state index in [-0.39, 0.29) is 21.1 Å². The second-order valence-electron chi connectivity index (χ2n) is 15.1. The van der Waals surface area contributed by atoms with Crippen molar-refractivity contribution in [1.29, 1.82) is 0 Å². The number of ether oxygens (including phenoxy) is 1. The molecule has 9 rings (SSSR count). The average molecular weight is 937 g/mol. The zero-order chi connectivity index (χ0) is 39.5. The van der Waals surface area contributed by atoms with Gasteiger partial charge in [0.25, 0.3) is 0 Å². The first kappa shape index (κ1) is 38.8. The molecular formula is C51H43N5OPt. The third kappa shape index (κ3) is 6.46. The molecule has 0 N–H and O–H groups in total. The molecule has 0 spiro atoms. The average Bonchev–Trinajstić information content (AvgIpc) is 3.83. The van der Waals surface area contributed by atoms with Gasteiger partial charge in [0.1, 0.15) is 12.1 Å². The molecule has 58 heavy (non-hydrogen) atoms. The van der Waals surface area contributed by atoms with Crippen LogP contribution in [0.15, 0.2) is 116 Å². The Morgan fingerprint density at radius 1 is 0.603 bits per heavy atom. The van der Waals surface area contributed by atoms with Gasteiger partial charge in [0.15, 0.2) is 0 Å². The predicted molar refractivity (Wildman–Crippen MR) is 232 cm³/mol. The van der Waals surface area contributed by atoms with Crippen molar-refractivity contribution in [3.05, 3.63) is 172 Å². The predicted octanol–water partition coefficient (Wildman–Crippen LogP) is 12.6. The maximum Gasteiger partial charge on any atom is 2.00 e. The fourth-order valence-corrected chi connectivity index (χ4v) is 8.39. The summed E-state index contributed by atoms with van der Waals surface area (Å²) >= 11 is 0. The van der Waals surface area contributed by atoms with E-state index in [9.17, 15) is 0 Å². The molecule has 0 atom stereocenters.